The van der Waals surface area contributed by atoms with E-state index in [0.717, 1.165) is 20.2 Å². The van der Waals surface area contributed by atoms with Gasteiger partial charge in [-0.2, -0.15) is 0 Å². The molecule has 1 aliphatic heterocycles. The number of aromatic nitrogens is 1. The van der Waals surface area contributed by atoms with Crippen LogP contribution in [0.2, 0.25) is 0 Å². The van der Waals surface area contributed by atoms with Crippen molar-refractivity contribution < 1.29 is 19.1 Å². The second-order valence-corrected chi connectivity index (χ2v) is 11.9. The van der Waals surface area contributed by atoms with Crippen LogP contribution in [-0.2, 0) is 9.53 Å². The van der Waals surface area contributed by atoms with Crippen LogP contribution in [0.25, 0.3) is 10.2 Å². The summed E-state index contributed by atoms with van der Waals surface area (Å²) >= 11 is 2.84. The predicted octanol–water partition coefficient (Wildman–Crippen LogP) is 5.88. The maximum absolute atomic E-state index is 13.2. The summed E-state index contributed by atoms with van der Waals surface area (Å²) in [4.78, 5) is 45.0. The zero-order chi connectivity index (χ0) is 28.1. The van der Waals surface area contributed by atoms with E-state index in [2.05, 4.69) is 29.5 Å². The van der Waals surface area contributed by atoms with E-state index in [1.165, 1.54) is 28.7 Å². The molecule has 3 aromatic carbocycles. The van der Waals surface area contributed by atoms with Crippen molar-refractivity contribution in [3.05, 3.63) is 83.4 Å². The molecule has 2 heterocycles. The van der Waals surface area contributed by atoms with E-state index in [1.54, 1.807) is 35.2 Å². The number of nitrogens with zero attached hydrogens (tertiary/aromatic N) is 2. The van der Waals surface area contributed by atoms with Gasteiger partial charge in [-0.3, -0.25) is 14.4 Å². The van der Waals surface area contributed by atoms with Crippen LogP contribution in [0.1, 0.15) is 46.0 Å². The highest BCUT2D eigenvalue weighted by atomic mass is 32.2. The number of hydrogen-bond donors (Lipinski definition) is 2. The van der Waals surface area contributed by atoms with Crippen molar-refractivity contribution in [2.24, 2.45) is 0 Å². The first-order chi connectivity index (χ1) is 19.4. The summed E-state index contributed by atoms with van der Waals surface area (Å²) in [6.45, 7) is 6.26. The lowest BCUT2D eigenvalue weighted by molar-refractivity contribution is -0.113. The number of anilines is 2. The number of carbonyl (C=O) groups excluding carboxylic acids is 3. The monoisotopic (exact) mass is 574 g/mol. The summed E-state index contributed by atoms with van der Waals surface area (Å²) < 4.78 is 7.00. The normalized spacial score (nSPS) is 13.4. The maximum Gasteiger partial charge on any atom is 0.256 e. The molecule has 0 aliphatic carbocycles. The van der Waals surface area contributed by atoms with Crippen molar-refractivity contribution in [3.63, 3.8) is 0 Å². The van der Waals surface area contributed by atoms with Gasteiger partial charge >= 0.3 is 0 Å². The first kappa shape index (κ1) is 27.8. The molecule has 1 aromatic heterocycles. The van der Waals surface area contributed by atoms with Gasteiger partial charge in [0.25, 0.3) is 11.8 Å². The van der Waals surface area contributed by atoms with Gasteiger partial charge < -0.3 is 20.3 Å². The van der Waals surface area contributed by atoms with E-state index in [-0.39, 0.29) is 23.5 Å². The Kier molecular flexibility index (Phi) is 8.78. The number of thioether (sulfide) groups is 1. The molecule has 0 unspecified atom stereocenters. The lowest BCUT2D eigenvalue weighted by Gasteiger charge is -2.27. The average molecular weight is 575 g/mol. The Bertz CT molecular complexity index is 1530. The van der Waals surface area contributed by atoms with E-state index < -0.39 is 0 Å². The number of ether oxygens (including phenoxy) is 1. The number of nitrogens with one attached hydrogen (secondary N) is 2. The van der Waals surface area contributed by atoms with Gasteiger partial charge in [-0.15, -0.1) is 11.3 Å². The lowest BCUT2D eigenvalue weighted by atomic mass is 10.0. The Hall–Kier alpha value is -3.73. The fourth-order valence-corrected chi connectivity index (χ4v) is 6.23. The highest BCUT2D eigenvalue weighted by Crippen LogP contribution is 2.31. The molecule has 3 amide bonds. The lowest BCUT2D eigenvalue weighted by Crippen LogP contribution is -2.41. The topological polar surface area (TPSA) is 101 Å². The third-order valence-corrected chi connectivity index (χ3v) is 8.68. The van der Waals surface area contributed by atoms with Gasteiger partial charge in [0.2, 0.25) is 5.91 Å². The first-order valence-corrected chi connectivity index (χ1v) is 14.9. The van der Waals surface area contributed by atoms with Gasteiger partial charge in [0.15, 0.2) is 4.34 Å². The van der Waals surface area contributed by atoms with Crippen LogP contribution >= 0.6 is 23.1 Å². The van der Waals surface area contributed by atoms with Gasteiger partial charge in [0.05, 0.1) is 40.3 Å². The molecule has 0 spiro atoms. The second kappa shape index (κ2) is 12.6. The molecule has 0 saturated carbocycles. The summed E-state index contributed by atoms with van der Waals surface area (Å²) in [6, 6.07) is 20.2. The fourth-order valence-electron chi connectivity index (χ4n) is 4.32. The largest absolute Gasteiger partial charge is 0.378 e. The quantitative estimate of drug-likeness (QED) is 0.255. The smallest absolute Gasteiger partial charge is 0.256 e. The van der Waals surface area contributed by atoms with Crippen LogP contribution in [0.4, 0.5) is 11.4 Å². The minimum absolute atomic E-state index is 0.0974. The number of benzene rings is 3. The number of fused-ring (bicyclic) bond motifs is 1. The van der Waals surface area contributed by atoms with E-state index in [9.17, 15) is 14.4 Å². The third-order valence-electron chi connectivity index (χ3n) is 6.51. The highest BCUT2D eigenvalue weighted by Gasteiger charge is 2.23. The molecule has 0 bridgehead atoms. The van der Waals surface area contributed by atoms with Crippen molar-refractivity contribution in [3.8, 4) is 0 Å². The molecule has 8 nitrogen and oxygen atoms in total. The first-order valence-electron chi connectivity index (χ1n) is 13.1. The van der Waals surface area contributed by atoms with Gasteiger partial charge in [-0.1, -0.05) is 49.9 Å². The number of hydrogen-bond acceptors (Lipinski definition) is 7. The fraction of sp³-hybridized carbons (Fsp3) is 0.267. The predicted molar refractivity (Wildman–Crippen MR) is 161 cm³/mol. The molecule has 40 heavy (non-hydrogen) atoms. The molecule has 1 saturated heterocycles. The van der Waals surface area contributed by atoms with E-state index in [4.69, 9.17) is 4.74 Å². The van der Waals surface area contributed by atoms with Gasteiger partial charge in [-0.05, 0) is 53.9 Å². The summed E-state index contributed by atoms with van der Waals surface area (Å²) in [5.74, 6) is 0.0517. The number of amides is 3. The molecule has 5 rings (SSSR count). The minimum atomic E-state index is -0.353. The van der Waals surface area contributed by atoms with Crippen molar-refractivity contribution in [2.75, 3.05) is 42.7 Å². The third kappa shape index (κ3) is 6.70. The minimum Gasteiger partial charge on any atom is -0.378 e. The molecule has 206 valence electrons. The van der Waals surface area contributed by atoms with Crippen LogP contribution in [-0.4, -0.2) is 59.7 Å². The van der Waals surface area contributed by atoms with Crippen molar-refractivity contribution in [1.29, 1.82) is 0 Å². The summed E-state index contributed by atoms with van der Waals surface area (Å²) in [7, 11) is 0. The van der Waals surface area contributed by atoms with Crippen molar-refractivity contribution in [2.45, 2.75) is 24.1 Å². The van der Waals surface area contributed by atoms with Gasteiger partial charge in [0.1, 0.15) is 0 Å². The van der Waals surface area contributed by atoms with Crippen LogP contribution in [0.5, 0.6) is 0 Å². The van der Waals surface area contributed by atoms with Crippen LogP contribution in [0, 0.1) is 0 Å². The van der Waals surface area contributed by atoms with E-state index in [1.807, 2.05) is 36.4 Å². The number of carbonyl (C=O) groups is 3. The van der Waals surface area contributed by atoms with Crippen LogP contribution in [0.15, 0.2) is 71.1 Å². The van der Waals surface area contributed by atoms with E-state index in [0.29, 0.717) is 49.0 Å². The molecule has 2 N–H and O–H groups in total. The molecule has 4 aromatic rings. The summed E-state index contributed by atoms with van der Waals surface area (Å²) in [5, 5.41) is 5.85. The highest BCUT2D eigenvalue weighted by molar-refractivity contribution is 8.01. The zero-order valence-electron chi connectivity index (χ0n) is 22.3. The van der Waals surface area contributed by atoms with Gasteiger partial charge in [-0.25, -0.2) is 4.98 Å². The zero-order valence-corrected chi connectivity index (χ0v) is 23.9. The van der Waals surface area contributed by atoms with Crippen molar-refractivity contribution >= 4 is 62.4 Å². The Morgan fingerprint density at radius 1 is 0.950 bits per heavy atom. The molecular formula is C30H30N4O4S2. The summed E-state index contributed by atoms with van der Waals surface area (Å²) in [6.07, 6.45) is 0. The van der Waals surface area contributed by atoms with E-state index >= 15 is 0 Å². The maximum atomic E-state index is 13.2. The average Bonchev–Trinajstić information content (AvgIpc) is 3.39. The number of thiazole rings is 1. The molecule has 0 radical (unpaired) electrons. The Morgan fingerprint density at radius 3 is 2.38 bits per heavy atom. The van der Waals surface area contributed by atoms with Gasteiger partial charge in [0, 0.05) is 24.5 Å². The number of rotatable bonds is 8. The second-order valence-electron chi connectivity index (χ2n) is 9.68. The molecular weight excluding hydrogens is 544 g/mol. The Balaban J connectivity index is 1.21. The molecule has 1 fully saturated rings. The van der Waals surface area contributed by atoms with Crippen LogP contribution < -0.4 is 10.6 Å². The Labute approximate surface area is 241 Å². The molecule has 1 aliphatic rings. The molecule has 0 atom stereocenters. The number of morpholine rings is 1. The standard InChI is InChI=1S/C30H30N4O4S2/c1-19(2)20-7-9-21(10-8-20)31-27(35)18-39-30-33-25-12-11-22(17-26(25)40-30)32-28(36)23-5-3-4-6-24(23)29(37)34-13-15-38-16-14-34/h3-12,17,19H,13-16,18H2,1-2H3,(H,31,35)(H,32,36). The molecule has 10 heteroatoms. The SMILES string of the molecule is CC(C)c1ccc(NC(=O)CSc2nc3ccc(NC(=O)c4ccccc4C(=O)N4CCOCC4)cc3s2)cc1. The van der Waals surface area contributed by atoms with Crippen LogP contribution in [0.3, 0.4) is 0 Å². The van der Waals surface area contributed by atoms with Crippen molar-refractivity contribution in [1.82, 2.24) is 9.88 Å². The Morgan fingerprint density at radius 2 is 1.65 bits per heavy atom. The summed E-state index contributed by atoms with van der Waals surface area (Å²) in [5.41, 5.74) is 4.08.